The molecule has 1 aromatic carbocycles. The summed E-state index contributed by atoms with van der Waals surface area (Å²) in [5.74, 6) is -0.223. The van der Waals surface area contributed by atoms with Crippen LogP contribution in [-0.4, -0.2) is 46.5 Å². The van der Waals surface area contributed by atoms with Gasteiger partial charge in [0.25, 0.3) is 0 Å². The maximum absolute atomic E-state index is 12.9. The first kappa shape index (κ1) is 20.7. The minimum absolute atomic E-state index is 0.132. The highest BCUT2D eigenvalue weighted by Gasteiger charge is 2.41. The maximum Gasteiger partial charge on any atom is 0.338 e. The summed E-state index contributed by atoms with van der Waals surface area (Å²) in [6.07, 6.45) is 2.44. The molecule has 0 bridgehead atoms. The number of aliphatic imine (C=N–C) groups is 1. The van der Waals surface area contributed by atoms with Gasteiger partial charge in [0.15, 0.2) is 5.17 Å². The summed E-state index contributed by atoms with van der Waals surface area (Å²) < 4.78 is 5.39. The molecule has 7 heteroatoms. The molecule has 3 aliphatic rings. The average molecular weight is 426 g/mol. The van der Waals surface area contributed by atoms with Crippen molar-refractivity contribution < 1.29 is 14.3 Å². The molecular formula is C23H27N3O3S. The van der Waals surface area contributed by atoms with Gasteiger partial charge in [-0.3, -0.25) is 4.79 Å². The molecule has 0 aromatic heterocycles. The zero-order chi connectivity index (χ0) is 21.3. The Balaban J connectivity index is 1.72. The number of hydrogen-bond acceptors (Lipinski definition) is 6. The number of amidine groups is 1. The first-order valence-electron chi connectivity index (χ1n) is 10.5. The van der Waals surface area contributed by atoms with E-state index in [0.717, 1.165) is 47.9 Å². The first-order valence-corrected chi connectivity index (χ1v) is 11.3. The lowest BCUT2D eigenvalue weighted by molar-refractivity contribution is -0.139. The summed E-state index contributed by atoms with van der Waals surface area (Å²) in [6, 6.07) is 7.79. The van der Waals surface area contributed by atoms with E-state index in [1.165, 1.54) is 11.8 Å². The van der Waals surface area contributed by atoms with Crippen LogP contribution in [0.3, 0.4) is 0 Å². The van der Waals surface area contributed by atoms with Gasteiger partial charge in [0, 0.05) is 18.8 Å². The highest BCUT2D eigenvalue weighted by atomic mass is 32.2. The van der Waals surface area contributed by atoms with Crippen LogP contribution in [0.25, 0.3) is 0 Å². The molecule has 1 unspecified atom stereocenters. The van der Waals surface area contributed by atoms with Crippen LogP contribution >= 0.6 is 11.8 Å². The van der Waals surface area contributed by atoms with Crippen LogP contribution in [-0.2, 0) is 14.3 Å². The third-order valence-corrected chi connectivity index (χ3v) is 6.53. The number of esters is 1. The van der Waals surface area contributed by atoms with Crippen molar-refractivity contribution >= 4 is 28.8 Å². The Morgan fingerprint density at radius 3 is 2.70 bits per heavy atom. The second-order valence-electron chi connectivity index (χ2n) is 7.79. The summed E-state index contributed by atoms with van der Waals surface area (Å²) >= 11 is 1.51. The van der Waals surface area contributed by atoms with Crippen molar-refractivity contribution in [3.05, 3.63) is 57.8 Å². The molecule has 1 atom stereocenters. The van der Waals surface area contributed by atoms with Crippen molar-refractivity contribution in [3.8, 4) is 0 Å². The number of allylic oxidation sites excluding steroid dienone is 1. The average Bonchev–Trinajstić information content (AvgIpc) is 3.37. The molecule has 3 aliphatic heterocycles. The van der Waals surface area contributed by atoms with Gasteiger partial charge in [-0.25, -0.2) is 9.79 Å². The van der Waals surface area contributed by atoms with E-state index < -0.39 is 0 Å². The second kappa shape index (κ2) is 8.68. The van der Waals surface area contributed by atoms with Gasteiger partial charge in [0.05, 0.1) is 30.3 Å². The number of fused-ring (bicyclic) bond motifs is 1. The Morgan fingerprint density at radius 1 is 1.23 bits per heavy atom. The fourth-order valence-corrected chi connectivity index (χ4v) is 5.19. The topological polar surface area (TPSA) is 62.2 Å². The number of likely N-dealkylation sites (tertiary alicyclic amines) is 1. The van der Waals surface area contributed by atoms with Crippen LogP contribution in [0.15, 0.2) is 51.6 Å². The normalized spacial score (nSPS) is 20.8. The van der Waals surface area contributed by atoms with Gasteiger partial charge in [-0.05, 0) is 44.6 Å². The van der Waals surface area contributed by atoms with Gasteiger partial charge in [-0.15, -0.1) is 0 Å². The van der Waals surface area contributed by atoms with Gasteiger partial charge in [0.1, 0.15) is 0 Å². The lowest BCUT2D eigenvalue weighted by atomic mass is 9.93. The number of carbonyl (C=O) groups excluding carboxylic acids is 2. The summed E-state index contributed by atoms with van der Waals surface area (Å²) in [7, 11) is 0. The van der Waals surface area contributed by atoms with Crippen LogP contribution in [0.4, 0.5) is 0 Å². The molecular weight excluding hydrogens is 398 g/mol. The quantitative estimate of drug-likeness (QED) is 0.664. The molecule has 0 radical (unpaired) electrons. The van der Waals surface area contributed by atoms with Gasteiger partial charge >= 0.3 is 5.97 Å². The summed E-state index contributed by atoms with van der Waals surface area (Å²) in [6.45, 7) is 7.65. The molecule has 6 nitrogen and oxygen atoms in total. The molecule has 0 N–H and O–H groups in total. The van der Waals surface area contributed by atoms with Crippen LogP contribution in [0.1, 0.15) is 50.3 Å². The molecule has 0 saturated carbocycles. The first-order chi connectivity index (χ1) is 14.5. The molecule has 0 aliphatic carbocycles. The van der Waals surface area contributed by atoms with Crippen molar-refractivity contribution in [2.24, 2.45) is 4.99 Å². The zero-order valence-electron chi connectivity index (χ0n) is 17.7. The SMILES string of the molecule is CCOC(=O)C1=C(C)N=C2SC=C(CC(=O)N3CCCC3)N2C1c1cccc(C)c1. The van der Waals surface area contributed by atoms with Crippen molar-refractivity contribution in [2.75, 3.05) is 19.7 Å². The van der Waals surface area contributed by atoms with Crippen molar-refractivity contribution in [2.45, 2.75) is 46.1 Å². The number of rotatable bonds is 5. The van der Waals surface area contributed by atoms with E-state index in [0.29, 0.717) is 24.3 Å². The van der Waals surface area contributed by atoms with Crippen molar-refractivity contribution in [1.82, 2.24) is 9.80 Å². The number of carbonyl (C=O) groups is 2. The Hall–Kier alpha value is -2.54. The summed E-state index contributed by atoms with van der Waals surface area (Å²) in [5.41, 5.74) is 4.19. The van der Waals surface area contributed by atoms with Gasteiger partial charge in [0.2, 0.25) is 5.91 Å². The number of amides is 1. The van der Waals surface area contributed by atoms with Crippen molar-refractivity contribution in [3.63, 3.8) is 0 Å². The van der Waals surface area contributed by atoms with E-state index in [-0.39, 0.29) is 17.9 Å². The molecule has 1 amide bonds. The Kier molecular flexibility index (Phi) is 5.99. The third-order valence-electron chi connectivity index (χ3n) is 5.64. The smallest absolute Gasteiger partial charge is 0.338 e. The lowest BCUT2D eigenvalue weighted by Crippen LogP contribution is -2.38. The van der Waals surface area contributed by atoms with Crippen LogP contribution in [0.5, 0.6) is 0 Å². The Bertz CT molecular complexity index is 960. The van der Waals surface area contributed by atoms with Crippen LogP contribution in [0, 0.1) is 6.92 Å². The van der Waals surface area contributed by atoms with Crippen LogP contribution in [0.2, 0.25) is 0 Å². The highest BCUT2D eigenvalue weighted by molar-refractivity contribution is 8.16. The van der Waals surface area contributed by atoms with E-state index in [9.17, 15) is 9.59 Å². The fraction of sp³-hybridized carbons (Fsp3) is 0.435. The summed E-state index contributed by atoms with van der Waals surface area (Å²) in [5, 5.41) is 2.80. The fourth-order valence-electron chi connectivity index (χ4n) is 4.23. The second-order valence-corrected chi connectivity index (χ2v) is 8.63. The van der Waals surface area contributed by atoms with E-state index in [1.807, 2.05) is 47.3 Å². The lowest BCUT2D eigenvalue weighted by Gasteiger charge is -2.36. The minimum Gasteiger partial charge on any atom is -0.463 e. The molecule has 1 aromatic rings. The minimum atomic E-state index is -0.357. The number of aryl methyl sites for hydroxylation is 1. The molecule has 0 spiro atoms. The molecule has 158 valence electrons. The predicted octanol–water partition coefficient (Wildman–Crippen LogP) is 4.15. The Morgan fingerprint density at radius 2 is 2.00 bits per heavy atom. The zero-order valence-corrected chi connectivity index (χ0v) is 18.5. The third kappa shape index (κ3) is 3.90. The largest absolute Gasteiger partial charge is 0.463 e. The van der Waals surface area contributed by atoms with E-state index in [1.54, 1.807) is 6.92 Å². The van der Waals surface area contributed by atoms with E-state index >= 15 is 0 Å². The molecule has 3 heterocycles. The van der Waals surface area contributed by atoms with E-state index in [4.69, 9.17) is 4.74 Å². The summed E-state index contributed by atoms with van der Waals surface area (Å²) in [4.78, 5) is 34.5. The molecule has 4 rings (SSSR count). The number of thioether (sulfide) groups is 1. The molecule has 1 fully saturated rings. The monoisotopic (exact) mass is 425 g/mol. The number of nitrogens with zero attached hydrogens (tertiary/aromatic N) is 3. The molecule has 1 saturated heterocycles. The standard InChI is InChI=1S/C23H27N3O3S/c1-4-29-22(28)20-16(3)24-23-26(21(20)17-9-7-8-15(2)12-17)18(14-30-23)13-19(27)25-10-5-6-11-25/h7-9,12,14,21H,4-6,10-11,13H2,1-3H3. The predicted molar refractivity (Wildman–Crippen MR) is 119 cm³/mol. The van der Waals surface area contributed by atoms with Crippen LogP contribution < -0.4 is 0 Å². The van der Waals surface area contributed by atoms with E-state index in [2.05, 4.69) is 11.1 Å². The maximum atomic E-state index is 12.9. The Labute approximate surface area is 181 Å². The van der Waals surface area contributed by atoms with Gasteiger partial charge < -0.3 is 14.5 Å². The number of benzene rings is 1. The van der Waals surface area contributed by atoms with Crippen molar-refractivity contribution in [1.29, 1.82) is 0 Å². The number of hydrogen-bond donors (Lipinski definition) is 0. The molecule has 30 heavy (non-hydrogen) atoms. The van der Waals surface area contributed by atoms with Gasteiger partial charge in [-0.1, -0.05) is 41.6 Å². The van der Waals surface area contributed by atoms with Gasteiger partial charge in [-0.2, -0.15) is 0 Å². The highest BCUT2D eigenvalue weighted by Crippen LogP contribution is 2.45. The number of ether oxygens (including phenoxy) is 1.